The number of aromatic nitrogens is 6. The van der Waals surface area contributed by atoms with Gasteiger partial charge in [0.1, 0.15) is 5.65 Å². The number of halogens is 1. The summed E-state index contributed by atoms with van der Waals surface area (Å²) in [7, 11) is 3.47. The van der Waals surface area contributed by atoms with Crippen molar-refractivity contribution < 1.29 is 9.50 Å². The number of aromatic amines is 1. The van der Waals surface area contributed by atoms with Crippen LogP contribution in [0.1, 0.15) is 50.1 Å². The van der Waals surface area contributed by atoms with E-state index < -0.39 is 5.95 Å². The highest BCUT2D eigenvalue weighted by atomic mass is 19.1. The molecule has 1 atom stereocenters. The number of nitrogens with one attached hydrogen (secondary N) is 1. The van der Waals surface area contributed by atoms with E-state index in [4.69, 9.17) is 0 Å². The Bertz CT molecular complexity index is 1650. The molecule has 5 aromatic rings. The molecule has 0 radical (unpaired) electrons. The van der Waals surface area contributed by atoms with Crippen molar-refractivity contribution in [3.05, 3.63) is 58.7 Å². The third-order valence-electron chi connectivity index (χ3n) is 7.66. The molecule has 6 rings (SSSR count). The Labute approximate surface area is 207 Å². The first-order chi connectivity index (χ1) is 17.4. The number of pyridine rings is 1. The first-order valence-electron chi connectivity index (χ1n) is 12.4. The molecule has 1 aliphatic rings. The fourth-order valence-electron chi connectivity index (χ4n) is 5.68. The van der Waals surface area contributed by atoms with Gasteiger partial charge in [0.05, 0.1) is 33.9 Å². The molecule has 0 spiro atoms. The van der Waals surface area contributed by atoms with Gasteiger partial charge >= 0.3 is 5.69 Å². The Morgan fingerprint density at radius 1 is 1.19 bits per heavy atom. The van der Waals surface area contributed by atoms with Gasteiger partial charge in [-0.05, 0) is 24.0 Å². The number of rotatable bonds is 5. The molecule has 0 bridgehead atoms. The number of aliphatic hydroxyl groups is 1. The van der Waals surface area contributed by atoms with Crippen LogP contribution in [0.15, 0.2) is 41.5 Å². The van der Waals surface area contributed by atoms with Gasteiger partial charge in [-0.2, -0.15) is 4.39 Å². The van der Waals surface area contributed by atoms with Gasteiger partial charge in [-0.1, -0.05) is 44.0 Å². The molecule has 36 heavy (non-hydrogen) atoms. The number of hydrogen-bond donors (Lipinski definition) is 2. The average Bonchev–Trinajstić information content (AvgIpc) is 3.65. The van der Waals surface area contributed by atoms with E-state index in [-0.39, 0.29) is 24.3 Å². The van der Waals surface area contributed by atoms with E-state index in [1.807, 2.05) is 35.8 Å². The van der Waals surface area contributed by atoms with Crippen molar-refractivity contribution in [2.24, 2.45) is 14.1 Å². The molecule has 4 heterocycles. The first-order valence-corrected chi connectivity index (χ1v) is 12.4. The lowest BCUT2D eigenvalue weighted by Crippen LogP contribution is -2.24. The highest BCUT2D eigenvalue weighted by Crippen LogP contribution is 2.43. The molecule has 8 nitrogen and oxygen atoms in total. The second-order valence-corrected chi connectivity index (χ2v) is 9.95. The van der Waals surface area contributed by atoms with Crippen LogP contribution in [0.3, 0.4) is 0 Å². The van der Waals surface area contributed by atoms with E-state index in [1.54, 1.807) is 31.1 Å². The van der Waals surface area contributed by atoms with Crippen LogP contribution in [0.2, 0.25) is 0 Å². The van der Waals surface area contributed by atoms with Crippen LogP contribution in [0, 0.1) is 5.95 Å². The minimum absolute atomic E-state index is 0.00676. The summed E-state index contributed by atoms with van der Waals surface area (Å²) in [6, 6.07) is 8.08. The molecule has 9 heteroatoms. The standard InChI is InChI=1S/C27H29FN6O2/c1-15(14-35)16-8-10-17(11-9-16)21-22-24-20(33(3)27(36)34(24)18-6-4-5-7-18)12-29-26(22)30-23(21)19-13-32(2)31-25(19)28/h8-13,15,18,35H,4-7,14H2,1-3H3,(H,29,30). The Hall–Kier alpha value is -3.72. The monoisotopic (exact) mass is 488 g/mol. The van der Waals surface area contributed by atoms with Crippen LogP contribution in [0.5, 0.6) is 0 Å². The van der Waals surface area contributed by atoms with Gasteiger partial charge in [0.2, 0.25) is 5.95 Å². The Kier molecular flexibility index (Phi) is 5.33. The third-order valence-corrected chi connectivity index (χ3v) is 7.66. The van der Waals surface area contributed by atoms with E-state index in [0.717, 1.165) is 58.8 Å². The lowest BCUT2D eigenvalue weighted by molar-refractivity contribution is 0.273. The number of aliphatic hydroxyl groups excluding tert-OH is 1. The Balaban J connectivity index is 1.73. The molecule has 0 aliphatic heterocycles. The van der Waals surface area contributed by atoms with Crippen LogP contribution in [0.25, 0.3) is 44.5 Å². The zero-order chi connectivity index (χ0) is 25.1. The van der Waals surface area contributed by atoms with Crippen molar-refractivity contribution >= 4 is 22.1 Å². The topological polar surface area (TPSA) is 93.7 Å². The summed E-state index contributed by atoms with van der Waals surface area (Å²) in [6.07, 6.45) is 7.48. The normalized spacial score (nSPS) is 15.5. The summed E-state index contributed by atoms with van der Waals surface area (Å²) < 4.78 is 20.0. The Morgan fingerprint density at radius 3 is 2.56 bits per heavy atom. The minimum atomic E-state index is -0.576. The van der Waals surface area contributed by atoms with E-state index in [1.165, 1.54) is 4.68 Å². The summed E-state index contributed by atoms with van der Waals surface area (Å²) in [5.41, 5.74) is 5.72. The molecule has 186 valence electrons. The number of benzene rings is 1. The van der Waals surface area contributed by atoms with Crippen molar-refractivity contribution in [1.82, 2.24) is 28.9 Å². The van der Waals surface area contributed by atoms with E-state index in [0.29, 0.717) is 16.9 Å². The quantitative estimate of drug-likeness (QED) is 0.377. The third kappa shape index (κ3) is 3.33. The van der Waals surface area contributed by atoms with Crippen LogP contribution in [-0.4, -0.2) is 40.6 Å². The molecule has 1 aromatic carbocycles. The summed E-state index contributed by atoms with van der Waals surface area (Å²) in [4.78, 5) is 21.5. The van der Waals surface area contributed by atoms with E-state index in [9.17, 15) is 14.3 Å². The number of fused-ring (bicyclic) bond motifs is 3. The van der Waals surface area contributed by atoms with Crippen molar-refractivity contribution in [2.45, 2.75) is 44.6 Å². The molecular weight excluding hydrogens is 459 g/mol. The summed E-state index contributed by atoms with van der Waals surface area (Å²) in [5.74, 6) is -0.569. The lowest BCUT2D eigenvalue weighted by atomic mass is 9.95. The molecule has 0 amide bonds. The molecule has 4 aromatic heterocycles. The second-order valence-electron chi connectivity index (χ2n) is 9.95. The van der Waals surface area contributed by atoms with Gasteiger partial charge in [0, 0.05) is 44.4 Å². The number of aryl methyl sites for hydroxylation is 2. The Morgan fingerprint density at radius 2 is 1.92 bits per heavy atom. The largest absolute Gasteiger partial charge is 0.396 e. The second kappa shape index (κ2) is 8.44. The van der Waals surface area contributed by atoms with Crippen LogP contribution in [0.4, 0.5) is 4.39 Å². The van der Waals surface area contributed by atoms with Gasteiger partial charge < -0.3 is 10.1 Å². The summed E-state index contributed by atoms with van der Waals surface area (Å²) in [6.45, 7) is 2.02. The summed E-state index contributed by atoms with van der Waals surface area (Å²) in [5, 5.41) is 14.3. The van der Waals surface area contributed by atoms with E-state index in [2.05, 4.69) is 15.1 Å². The van der Waals surface area contributed by atoms with Crippen molar-refractivity contribution in [3.8, 4) is 22.4 Å². The maximum Gasteiger partial charge on any atom is 0.329 e. The van der Waals surface area contributed by atoms with Crippen molar-refractivity contribution in [1.29, 1.82) is 0 Å². The number of nitrogens with zero attached hydrogens (tertiary/aromatic N) is 5. The smallest absolute Gasteiger partial charge is 0.329 e. The molecular formula is C27H29FN6O2. The van der Waals surface area contributed by atoms with Gasteiger partial charge in [-0.15, -0.1) is 5.10 Å². The molecule has 1 saturated carbocycles. The number of H-pyrrole nitrogens is 1. The zero-order valence-electron chi connectivity index (χ0n) is 20.6. The van der Waals surface area contributed by atoms with Gasteiger partial charge in [0.15, 0.2) is 0 Å². The SMILES string of the molecule is CC(CO)c1ccc(-c2c(-c3cn(C)nc3F)[nH]c3ncc4c(c23)n(C2CCCC2)c(=O)n4C)cc1. The number of imidazole rings is 1. The van der Waals surface area contributed by atoms with Crippen molar-refractivity contribution in [2.75, 3.05) is 6.61 Å². The zero-order valence-corrected chi connectivity index (χ0v) is 20.6. The van der Waals surface area contributed by atoms with Crippen LogP contribution in [-0.2, 0) is 14.1 Å². The minimum Gasteiger partial charge on any atom is -0.396 e. The van der Waals surface area contributed by atoms with Crippen LogP contribution >= 0.6 is 0 Å². The highest BCUT2D eigenvalue weighted by Gasteiger charge is 2.28. The fraction of sp³-hybridized carbons (Fsp3) is 0.370. The molecule has 1 fully saturated rings. The maximum atomic E-state index is 15.0. The molecule has 1 aliphatic carbocycles. The van der Waals surface area contributed by atoms with Gasteiger partial charge in [-0.3, -0.25) is 13.8 Å². The predicted octanol–water partition coefficient (Wildman–Crippen LogP) is 4.63. The molecule has 1 unspecified atom stereocenters. The fourth-order valence-corrected chi connectivity index (χ4v) is 5.68. The molecule has 2 N–H and O–H groups in total. The molecule has 0 saturated heterocycles. The van der Waals surface area contributed by atoms with Crippen LogP contribution < -0.4 is 5.69 Å². The van der Waals surface area contributed by atoms with Gasteiger partial charge in [-0.25, -0.2) is 9.78 Å². The summed E-state index contributed by atoms with van der Waals surface area (Å²) >= 11 is 0. The van der Waals surface area contributed by atoms with Gasteiger partial charge in [0.25, 0.3) is 0 Å². The first kappa shape index (κ1) is 22.7. The highest BCUT2D eigenvalue weighted by molar-refractivity contribution is 6.14. The number of hydrogen-bond acceptors (Lipinski definition) is 4. The predicted molar refractivity (Wildman–Crippen MR) is 137 cm³/mol. The maximum absolute atomic E-state index is 15.0. The van der Waals surface area contributed by atoms with Crippen molar-refractivity contribution in [3.63, 3.8) is 0 Å². The average molecular weight is 489 g/mol. The lowest BCUT2D eigenvalue weighted by Gasteiger charge is -2.13. The van der Waals surface area contributed by atoms with E-state index >= 15 is 0 Å².